The maximum atomic E-state index is 13.0. The lowest BCUT2D eigenvalue weighted by Crippen LogP contribution is -2.48. The Balaban J connectivity index is 2.20. The molecule has 2 aromatic rings. The number of nitrogens with zero attached hydrogens (tertiary/aromatic N) is 1. The Hall–Kier alpha value is -2.53. The summed E-state index contributed by atoms with van der Waals surface area (Å²) in [5.41, 5.74) is 1.74. The standard InChI is InChI=1S/C21H25ClN2O3/c1-4-23-21(26)15(2)24(14-17-6-5-7-18(22)12-17)20(25)13-16-8-10-19(27-3)11-9-16/h5-12,15H,4,13-14H2,1-3H3,(H,23,26)/t15-/m0/s1. The van der Waals surface area contributed by atoms with Crippen LogP contribution in [-0.2, 0) is 22.6 Å². The zero-order valence-corrected chi connectivity index (χ0v) is 16.6. The second kappa shape index (κ2) is 9.97. The summed E-state index contributed by atoms with van der Waals surface area (Å²) in [7, 11) is 1.60. The van der Waals surface area contributed by atoms with Crippen LogP contribution in [0.2, 0.25) is 5.02 Å². The van der Waals surface area contributed by atoms with Crippen LogP contribution in [-0.4, -0.2) is 36.4 Å². The maximum absolute atomic E-state index is 13.0. The monoisotopic (exact) mass is 388 g/mol. The van der Waals surface area contributed by atoms with E-state index in [4.69, 9.17) is 16.3 Å². The number of ether oxygens (including phenoxy) is 1. The average Bonchev–Trinajstić information content (AvgIpc) is 2.66. The summed E-state index contributed by atoms with van der Waals surface area (Å²) >= 11 is 6.06. The fourth-order valence-electron chi connectivity index (χ4n) is 2.76. The van der Waals surface area contributed by atoms with Gasteiger partial charge in [-0.3, -0.25) is 9.59 Å². The van der Waals surface area contributed by atoms with Crippen molar-refractivity contribution in [2.75, 3.05) is 13.7 Å². The summed E-state index contributed by atoms with van der Waals surface area (Å²) in [6.45, 7) is 4.42. The minimum atomic E-state index is -0.588. The highest BCUT2D eigenvalue weighted by Gasteiger charge is 2.25. The van der Waals surface area contributed by atoms with Crippen molar-refractivity contribution >= 4 is 23.4 Å². The van der Waals surface area contributed by atoms with Crippen LogP contribution in [0.1, 0.15) is 25.0 Å². The van der Waals surface area contributed by atoms with E-state index in [2.05, 4.69) is 5.32 Å². The van der Waals surface area contributed by atoms with Crippen LogP contribution < -0.4 is 10.1 Å². The molecule has 0 fully saturated rings. The van der Waals surface area contributed by atoms with Crippen LogP contribution in [0.5, 0.6) is 5.75 Å². The molecule has 0 aliphatic rings. The van der Waals surface area contributed by atoms with Gasteiger partial charge < -0.3 is 15.0 Å². The van der Waals surface area contributed by atoms with E-state index in [-0.39, 0.29) is 18.2 Å². The highest BCUT2D eigenvalue weighted by Crippen LogP contribution is 2.17. The van der Waals surface area contributed by atoms with Crippen LogP contribution in [0.25, 0.3) is 0 Å². The molecule has 0 saturated heterocycles. The Morgan fingerprint density at radius 3 is 2.44 bits per heavy atom. The van der Waals surface area contributed by atoms with Crippen LogP contribution >= 0.6 is 11.6 Å². The van der Waals surface area contributed by atoms with Gasteiger partial charge in [-0.25, -0.2) is 0 Å². The van der Waals surface area contributed by atoms with E-state index < -0.39 is 6.04 Å². The largest absolute Gasteiger partial charge is 0.497 e. The molecule has 0 unspecified atom stereocenters. The highest BCUT2D eigenvalue weighted by atomic mass is 35.5. The minimum Gasteiger partial charge on any atom is -0.497 e. The van der Waals surface area contributed by atoms with Crippen LogP contribution in [0.15, 0.2) is 48.5 Å². The molecule has 2 aromatic carbocycles. The first kappa shape index (κ1) is 20.8. The molecule has 144 valence electrons. The number of hydrogen-bond acceptors (Lipinski definition) is 3. The predicted molar refractivity (Wildman–Crippen MR) is 107 cm³/mol. The Morgan fingerprint density at radius 2 is 1.85 bits per heavy atom. The molecule has 0 radical (unpaired) electrons. The number of likely N-dealkylation sites (N-methyl/N-ethyl adjacent to an activating group) is 1. The van der Waals surface area contributed by atoms with Crippen molar-refractivity contribution in [3.63, 3.8) is 0 Å². The van der Waals surface area contributed by atoms with E-state index in [1.54, 1.807) is 31.1 Å². The van der Waals surface area contributed by atoms with Crippen molar-refractivity contribution in [2.24, 2.45) is 0 Å². The topological polar surface area (TPSA) is 58.6 Å². The van der Waals surface area contributed by atoms with Gasteiger partial charge in [0.05, 0.1) is 13.5 Å². The summed E-state index contributed by atoms with van der Waals surface area (Å²) in [5, 5.41) is 3.38. The Bertz CT molecular complexity index is 777. The molecular weight excluding hydrogens is 364 g/mol. The van der Waals surface area contributed by atoms with Crippen LogP contribution in [0.4, 0.5) is 0 Å². The number of hydrogen-bond donors (Lipinski definition) is 1. The second-order valence-electron chi connectivity index (χ2n) is 6.25. The molecule has 5 nitrogen and oxygen atoms in total. The highest BCUT2D eigenvalue weighted by molar-refractivity contribution is 6.30. The third kappa shape index (κ3) is 6.00. The molecule has 0 heterocycles. The van der Waals surface area contributed by atoms with E-state index in [1.165, 1.54) is 0 Å². The molecule has 0 saturated carbocycles. The SMILES string of the molecule is CCNC(=O)[C@H](C)N(Cc1cccc(Cl)c1)C(=O)Cc1ccc(OC)cc1. The number of carbonyl (C=O) groups is 2. The first-order chi connectivity index (χ1) is 12.9. The number of rotatable bonds is 8. The molecule has 2 amide bonds. The zero-order chi connectivity index (χ0) is 19.8. The molecule has 1 atom stereocenters. The van der Waals surface area contributed by atoms with Crippen molar-refractivity contribution in [1.29, 1.82) is 0 Å². The first-order valence-electron chi connectivity index (χ1n) is 8.89. The van der Waals surface area contributed by atoms with Crippen molar-refractivity contribution in [2.45, 2.75) is 32.9 Å². The molecule has 0 aliphatic heterocycles. The Morgan fingerprint density at radius 1 is 1.15 bits per heavy atom. The van der Waals surface area contributed by atoms with Gasteiger partial charge in [-0.1, -0.05) is 35.9 Å². The molecule has 0 aromatic heterocycles. The van der Waals surface area contributed by atoms with E-state index in [1.807, 2.05) is 43.3 Å². The fraction of sp³-hybridized carbons (Fsp3) is 0.333. The summed E-state index contributed by atoms with van der Waals surface area (Å²) in [4.78, 5) is 26.9. The quantitative estimate of drug-likeness (QED) is 0.753. The fourth-order valence-corrected chi connectivity index (χ4v) is 2.97. The lowest BCUT2D eigenvalue weighted by atomic mass is 10.1. The third-order valence-electron chi connectivity index (χ3n) is 4.27. The molecule has 0 aliphatic carbocycles. The number of carbonyl (C=O) groups excluding carboxylic acids is 2. The van der Waals surface area contributed by atoms with Gasteiger partial charge in [0.25, 0.3) is 0 Å². The molecule has 0 bridgehead atoms. The second-order valence-corrected chi connectivity index (χ2v) is 6.68. The molecular formula is C21H25ClN2O3. The smallest absolute Gasteiger partial charge is 0.242 e. The maximum Gasteiger partial charge on any atom is 0.242 e. The average molecular weight is 389 g/mol. The van der Waals surface area contributed by atoms with Crippen LogP contribution in [0.3, 0.4) is 0 Å². The van der Waals surface area contributed by atoms with E-state index in [9.17, 15) is 9.59 Å². The van der Waals surface area contributed by atoms with Crippen molar-refractivity contribution in [1.82, 2.24) is 10.2 Å². The molecule has 1 N–H and O–H groups in total. The molecule has 6 heteroatoms. The number of benzene rings is 2. The number of amides is 2. The van der Waals surface area contributed by atoms with Crippen molar-refractivity contribution in [3.8, 4) is 5.75 Å². The summed E-state index contributed by atoms with van der Waals surface area (Å²) in [6, 6.07) is 14.1. The summed E-state index contributed by atoms with van der Waals surface area (Å²) < 4.78 is 5.15. The van der Waals surface area contributed by atoms with Gasteiger partial charge in [0.2, 0.25) is 11.8 Å². The zero-order valence-electron chi connectivity index (χ0n) is 15.9. The van der Waals surface area contributed by atoms with Gasteiger partial charge in [-0.2, -0.15) is 0 Å². The van der Waals surface area contributed by atoms with E-state index >= 15 is 0 Å². The van der Waals surface area contributed by atoms with E-state index in [0.717, 1.165) is 16.9 Å². The third-order valence-corrected chi connectivity index (χ3v) is 4.51. The molecule has 0 spiro atoms. The summed E-state index contributed by atoms with van der Waals surface area (Å²) in [5.74, 6) is 0.430. The Labute approximate surface area is 165 Å². The number of nitrogens with one attached hydrogen (secondary N) is 1. The summed E-state index contributed by atoms with van der Waals surface area (Å²) in [6.07, 6.45) is 0.203. The Kier molecular flexibility index (Phi) is 7.67. The van der Waals surface area contributed by atoms with E-state index in [0.29, 0.717) is 18.1 Å². The number of methoxy groups -OCH3 is 1. The van der Waals surface area contributed by atoms with Crippen molar-refractivity contribution in [3.05, 3.63) is 64.7 Å². The van der Waals surface area contributed by atoms with Gasteiger partial charge >= 0.3 is 0 Å². The van der Waals surface area contributed by atoms with Gasteiger partial charge in [0.1, 0.15) is 11.8 Å². The molecule has 2 rings (SSSR count). The lowest BCUT2D eigenvalue weighted by molar-refractivity contribution is -0.140. The first-order valence-corrected chi connectivity index (χ1v) is 9.27. The van der Waals surface area contributed by atoms with Gasteiger partial charge in [-0.05, 0) is 49.2 Å². The van der Waals surface area contributed by atoms with Crippen LogP contribution in [0, 0.1) is 0 Å². The van der Waals surface area contributed by atoms with Gasteiger partial charge in [0.15, 0.2) is 0 Å². The normalized spacial score (nSPS) is 11.6. The molecule has 27 heavy (non-hydrogen) atoms. The lowest BCUT2D eigenvalue weighted by Gasteiger charge is -2.29. The van der Waals surface area contributed by atoms with Crippen molar-refractivity contribution < 1.29 is 14.3 Å². The van der Waals surface area contributed by atoms with Gasteiger partial charge in [-0.15, -0.1) is 0 Å². The minimum absolute atomic E-state index is 0.126. The van der Waals surface area contributed by atoms with Gasteiger partial charge in [0, 0.05) is 18.1 Å². The predicted octanol–water partition coefficient (Wildman–Crippen LogP) is 3.44. The number of halogens is 1.